The summed E-state index contributed by atoms with van der Waals surface area (Å²) in [6.45, 7) is 2.24. The van der Waals surface area contributed by atoms with Crippen molar-refractivity contribution in [3.63, 3.8) is 0 Å². The van der Waals surface area contributed by atoms with Gasteiger partial charge in [0.15, 0.2) is 0 Å². The van der Waals surface area contributed by atoms with Crippen LogP contribution in [0.5, 0.6) is 0 Å². The van der Waals surface area contributed by atoms with Gasteiger partial charge in [0, 0.05) is 6.08 Å². The molecule has 0 amide bonds. The van der Waals surface area contributed by atoms with E-state index < -0.39 is 17.5 Å². The molecule has 2 aliphatic rings. The van der Waals surface area contributed by atoms with Crippen molar-refractivity contribution in [1.82, 2.24) is 0 Å². The predicted octanol–water partition coefficient (Wildman–Crippen LogP) is -0.215. The van der Waals surface area contributed by atoms with Crippen molar-refractivity contribution >= 4 is 11.9 Å². The highest BCUT2D eigenvalue weighted by Gasteiger charge is 2.49. The van der Waals surface area contributed by atoms with Gasteiger partial charge in [-0.2, -0.15) is 0 Å². The lowest BCUT2D eigenvalue weighted by Gasteiger charge is -1.99. The lowest BCUT2D eigenvalue weighted by atomic mass is 10.0. The Bertz CT molecular complexity index is 272. The molecule has 0 saturated carbocycles. The molecule has 1 unspecified atom stereocenters. The molecule has 58 valence electrons. The summed E-state index contributed by atoms with van der Waals surface area (Å²) < 4.78 is 9.27. The highest BCUT2D eigenvalue weighted by Crippen LogP contribution is 2.36. The molecule has 2 heterocycles. The lowest BCUT2D eigenvalue weighted by molar-refractivity contribution is -0.150. The second-order valence-electron chi connectivity index (χ2n) is 2.79. The minimum Gasteiger partial charge on any atom is -0.386 e. The quantitative estimate of drug-likeness (QED) is 0.298. The van der Waals surface area contributed by atoms with Gasteiger partial charge in [-0.1, -0.05) is 0 Å². The molecule has 0 aliphatic carbocycles. The van der Waals surface area contributed by atoms with Crippen LogP contribution >= 0.6 is 0 Å². The summed E-state index contributed by atoms with van der Waals surface area (Å²) in [5.74, 6) is -1.17. The third-order valence-electron chi connectivity index (χ3n) is 1.82. The first kappa shape index (κ1) is 6.54. The van der Waals surface area contributed by atoms with E-state index in [2.05, 4.69) is 4.74 Å². The average Bonchev–Trinajstić information content (AvgIpc) is 2.55. The lowest BCUT2D eigenvalue weighted by Crippen LogP contribution is -2.15. The maximum absolute atomic E-state index is 10.9. The van der Waals surface area contributed by atoms with E-state index in [1.165, 1.54) is 6.08 Å². The highest BCUT2D eigenvalue weighted by molar-refractivity contribution is 6.10. The smallest absolute Gasteiger partial charge is 0.345 e. The van der Waals surface area contributed by atoms with Gasteiger partial charge in [-0.05, 0) is 6.92 Å². The monoisotopic (exact) mass is 154 g/mol. The summed E-state index contributed by atoms with van der Waals surface area (Å²) in [6, 6.07) is 0. The Morgan fingerprint density at radius 1 is 1.55 bits per heavy atom. The molecule has 0 radical (unpaired) electrons. The van der Waals surface area contributed by atoms with Crippen LogP contribution in [0.25, 0.3) is 0 Å². The van der Waals surface area contributed by atoms with Crippen LogP contribution < -0.4 is 0 Å². The third kappa shape index (κ3) is 0.867. The van der Waals surface area contributed by atoms with Crippen LogP contribution in [-0.4, -0.2) is 24.1 Å². The van der Waals surface area contributed by atoms with E-state index in [0.29, 0.717) is 12.2 Å². The molecule has 1 atom stereocenters. The molecule has 0 aromatic rings. The number of carbonyl (C=O) groups is 2. The number of esters is 2. The summed E-state index contributed by atoms with van der Waals surface area (Å²) in [6.07, 6.45) is 1.19. The maximum Gasteiger partial charge on any atom is 0.345 e. The van der Waals surface area contributed by atoms with Crippen molar-refractivity contribution < 1.29 is 19.1 Å². The van der Waals surface area contributed by atoms with Crippen LogP contribution in [-0.2, 0) is 19.1 Å². The van der Waals surface area contributed by atoms with Crippen molar-refractivity contribution in [1.29, 1.82) is 0 Å². The van der Waals surface area contributed by atoms with Crippen molar-refractivity contribution in [2.24, 2.45) is 0 Å². The molecule has 1 saturated heterocycles. The van der Waals surface area contributed by atoms with Crippen LogP contribution in [0.2, 0.25) is 0 Å². The SMILES string of the molecule is CC1(C2=CC(=O)OC2=O)CO1. The van der Waals surface area contributed by atoms with Gasteiger partial charge in [-0.25, -0.2) is 9.59 Å². The molecule has 0 N–H and O–H groups in total. The predicted molar refractivity (Wildman–Crippen MR) is 33.5 cm³/mol. The van der Waals surface area contributed by atoms with E-state index in [-0.39, 0.29) is 0 Å². The second kappa shape index (κ2) is 1.71. The molecule has 0 aromatic heterocycles. The molecule has 4 heteroatoms. The van der Waals surface area contributed by atoms with Crippen molar-refractivity contribution in [3.8, 4) is 0 Å². The molecular weight excluding hydrogens is 148 g/mol. The van der Waals surface area contributed by atoms with Gasteiger partial charge < -0.3 is 9.47 Å². The van der Waals surface area contributed by atoms with E-state index in [4.69, 9.17) is 4.74 Å². The molecule has 0 spiro atoms. The fourth-order valence-electron chi connectivity index (χ4n) is 0.985. The van der Waals surface area contributed by atoms with Crippen molar-refractivity contribution in [3.05, 3.63) is 11.6 Å². The number of rotatable bonds is 1. The zero-order valence-electron chi connectivity index (χ0n) is 5.92. The Hall–Kier alpha value is -1.16. The largest absolute Gasteiger partial charge is 0.386 e. The summed E-state index contributed by atoms with van der Waals surface area (Å²) in [7, 11) is 0. The fraction of sp³-hybridized carbons (Fsp3) is 0.429. The van der Waals surface area contributed by atoms with Gasteiger partial charge in [-0.15, -0.1) is 0 Å². The van der Waals surface area contributed by atoms with Crippen LogP contribution in [0.15, 0.2) is 11.6 Å². The van der Waals surface area contributed by atoms with Gasteiger partial charge in [0.25, 0.3) is 0 Å². The molecule has 2 rings (SSSR count). The Kier molecular flexibility index (Phi) is 1.02. The van der Waals surface area contributed by atoms with Gasteiger partial charge in [0.05, 0.1) is 12.2 Å². The Morgan fingerprint density at radius 3 is 2.55 bits per heavy atom. The van der Waals surface area contributed by atoms with Crippen molar-refractivity contribution in [2.75, 3.05) is 6.61 Å². The molecular formula is C7H6O4. The molecule has 2 aliphatic heterocycles. The summed E-state index contributed by atoms with van der Waals surface area (Å²) in [5.41, 5.74) is -0.217. The van der Waals surface area contributed by atoms with Crippen LogP contribution in [0.3, 0.4) is 0 Å². The van der Waals surface area contributed by atoms with Gasteiger partial charge in [0.1, 0.15) is 5.60 Å². The summed E-state index contributed by atoms with van der Waals surface area (Å²) >= 11 is 0. The molecule has 1 fully saturated rings. The number of carbonyl (C=O) groups excluding carboxylic acids is 2. The fourth-order valence-corrected chi connectivity index (χ4v) is 0.985. The number of hydrogen-bond acceptors (Lipinski definition) is 4. The maximum atomic E-state index is 10.9. The topological polar surface area (TPSA) is 55.9 Å². The van der Waals surface area contributed by atoms with Crippen molar-refractivity contribution in [2.45, 2.75) is 12.5 Å². The van der Waals surface area contributed by atoms with E-state index in [0.717, 1.165) is 0 Å². The van der Waals surface area contributed by atoms with Crippen LogP contribution in [0.4, 0.5) is 0 Å². The van der Waals surface area contributed by atoms with E-state index in [1.54, 1.807) is 6.92 Å². The number of cyclic esters (lactones) is 2. The van der Waals surface area contributed by atoms with E-state index in [9.17, 15) is 9.59 Å². The first-order chi connectivity index (χ1) is 5.12. The summed E-state index contributed by atoms with van der Waals surface area (Å²) in [5, 5.41) is 0. The molecule has 4 nitrogen and oxygen atoms in total. The number of ether oxygens (including phenoxy) is 2. The van der Waals surface area contributed by atoms with E-state index >= 15 is 0 Å². The Morgan fingerprint density at radius 2 is 2.18 bits per heavy atom. The number of epoxide rings is 1. The van der Waals surface area contributed by atoms with Crippen LogP contribution in [0.1, 0.15) is 6.92 Å². The minimum absolute atomic E-state index is 0.336. The Balaban J connectivity index is 2.32. The van der Waals surface area contributed by atoms with Crippen LogP contribution in [0, 0.1) is 0 Å². The standard InChI is InChI=1S/C7H6O4/c1-7(3-10-7)4-2-5(8)11-6(4)9/h2H,3H2,1H3. The Labute approximate surface area is 62.8 Å². The second-order valence-corrected chi connectivity index (χ2v) is 2.79. The minimum atomic E-state index is -0.596. The highest BCUT2D eigenvalue weighted by atomic mass is 16.6. The molecule has 0 aromatic carbocycles. The zero-order valence-corrected chi connectivity index (χ0v) is 5.92. The zero-order chi connectivity index (χ0) is 8.06. The normalized spacial score (nSPS) is 35.2. The average molecular weight is 154 g/mol. The molecule has 0 bridgehead atoms. The first-order valence-electron chi connectivity index (χ1n) is 3.24. The third-order valence-corrected chi connectivity index (χ3v) is 1.82. The van der Waals surface area contributed by atoms with Gasteiger partial charge in [-0.3, -0.25) is 0 Å². The first-order valence-corrected chi connectivity index (χ1v) is 3.24. The molecule has 11 heavy (non-hydrogen) atoms. The van der Waals surface area contributed by atoms with Gasteiger partial charge >= 0.3 is 11.9 Å². The number of hydrogen-bond donors (Lipinski definition) is 0. The summed E-state index contributed by atoms with van der Waals surface area (Å²) in [4.78, 5) is 21.4. The van der Waals surface area contributed by atoms with Gasteiger partial charge in [0.2, 0.25) is 0 Å². The van der Waals surface area contributed by atoms with E-state index in [1.807, 2.05) is 0 Å².